The van der Waals surface area contributed by atoms with E-state index in [0.29, 0.717) is 49.2 Å². The van der Waals surface area contributed by atoms with Crippen molar-refractivity contribution in [3.63, 3.8) is 0 Å². The maximum atomic E-state index is 12.6. The van der Waals surface area contributed by atoms with E-state index in [1.807, 2.05) is 4.90 Å². The van der Waals surface area contributed by atoms with Crippen LogP contribution in [-0.2, 0) is 6.54 Å². The second-order valence-electron chi connectivity index (χ2n) is 7.99. The summed E-state index contributed by atoms with van der Waals surface area (Å²) in [6.45, 7) is 2.42. The smallest absolute Gasteiger partial charge is 0.422 e. The van der Waals surface area contributed by atoms with Gasteiger partial charge in [0.05, 0.1) is 16.6 Å². The average molecular weight is 462 g/mol. The van der Waals surface area contributed by atoms with E-state index in [4.69, 9.17) is 4.74 Å². The second-order valence-corrected chi connectivity index (χ2v) is 7.99. The van der Waals surface area contributed by atoms with Crippen molar-refractivity contribution in [2.24, 2.45) is 0 Å². The number of ether oxygens (including phenoxy) is 1. The molecule has 0 amide bonds. The number of para-hydroxylation sites is 3. The van der Waals surface area contributed by atoms with Gasteiger partial charge in [-0.3, -0.25) is 14.3 Å². The van der Waals surface area contributed by atoms with Crippen molar-refractivity contribution in [2.75, 3.05) is 44.2 Å². The van der Waals surface area contributed by atoms with Crippen molar-refractivity contribution >= 4 is 16.6 Å². The van der Waals surface area contributed by atoms with Crippen LogP contribution in [0.1, 0.15) is 6.42 Å². The fourth-order valence-corrected chi connectivity index (χ4v) is 4.07. The summed E-state index contributed by atoms with van der Waals surface area (Å²) in [7, 11) is 0. The van der Waals surface area contributed by atoms with Gasteiger partial charge >= 0.3 is 11.9 Å². The molecule has 1 fully saturated rings. The molecule has 1 saturated heterocycles. The Hall–Kier alpha value is -3.27. The van der Waals surface area contributed by atoms with E-state index in [-0.39, 0.29) is 11.3 Å². The SMILES string of the molecule is O=c1[nH]c2ccccc2c(=O)n1CCCN1CCN(c2ccccc2OCC(F)(F)F)CC1. The van der Waals surface area contributed by atoms with Crippen molar-refractivity contribution in [3.8, 4) is 5.75 Å². The van der Waals surface area contributed by atoms with Crippen LogP contribution in [0.5, 0.6) is 5.75 Å². The summed E-state index contributed by atoms with van der Waals surface area (Å²) in [6, 6.07) is 13.7. The predicted octanol–water partition coefficient (Wildman–Crippen LogP) is 2.84. The molecule has 10 heteroatoms. The van der Waals surface area contributed by atoms with Crippen molar-refractivity contribution in [2.45, 2.75) is 19.1 Å². The van der Waals surface area contributed by atoms with E-state index >= 15 is 0 Å². The molecule has 2 aromatic carbocycles. The molecule has 3 aromatic rings. The van der Waals surface area contributed by atoms with Gasteiger partial charge in [-0.05, 0) is 37.2 Å². The van der Waals surface area contributed by atoms with E-state index in [2.05, 4.69) is 9.88 Å². The maximum absolute atomic E-state index is 12.6. The number of hydrogen-bond acceptors (Lipinski definition) is 5. The highest BCUT2D eigenvalue weighted by atomic mass is 19.4. The van der Waals surface area contributed by atoms with Gasteiger partial charge in [0, 0.05) is 32.7 Å². The lowest BCUT2D eigenvalue weighted by molar-refractivity contribution is -0.153. The Morgan fingerprint density at radius 1 is 0.909 bits per heavy atom. The third-order valence-electron chi connectivity index (χ3n) is 5.72. The van der Waals surface area contributed by atoms with Crippen LogP contribution >= 0.6 is 0 Å². The third kappa shape index (κ3) is 5.57. The predicted molar refractivity (Wildman–Crippen MR) is 120 cm³/mol. The molecule has 4 rings (SSSR count). The fraction of sp³-hybridized carbons (Fsp3) is 0.391. The molecule has 176 valence electrons. The molecule has 0 radical (unpaired) electrons. The largest absolute Gasteiger partial charge is 0.482 e. The number of fused-ring (bicyclic) bond motifs is 1. The molecule has 33 heavy (non-hydrogen) atoms. The lowest BCUT2D eigenvalue weighted by Gasteiger charge is -2.36. The highest BCUT2D eigenvalue weighted by Gasteiger charge is 2.29. The van der Waals surface area contributed by atoms with Crippen molar-refractivity contribution < 1.29 is 17.9 Å². The van der Waals surface area contributed by atoms with Gasteiger partial charge < -0.3 is 14.6 Å². The van der Waals surface area contributed by atoms with E-state index in [1.54, 1.807) is 48.5 Å². The molecule has 1 N–H and O–H groups in total. The zero-order chi connectivity index (χ0) is 23.4. The van der Waals surface area contributed by atoms with Crippen molar-refractivity contribution in [1.82, 2.24) is 14.5 Å². The Morgan fingerprint density at radius 3 is 2.36 bits per heavy atom. The molecular formula is C23H25F3N4O3. The number of piperazine rings is 1. The van der Waals surface area contributed by atoms with Crippen LogP contribution in [0.25, 0.3) is 10.9 Å². The van der Waals surface area contributed by atoms with Crippen LogP contribution in [0.4, 0.5) is 18.9 Å². The monoisotopic (exact) mass is 462 g/mol. The van der Waals surface area contributed by atoms with E-state index in [1.165, 1.54) is 4.57 Å². The van der Waals surface area contributed by atoms with Crippen molar-refractivity contribution in [3.05, 3.63) is 69.4 Å². The van der Waals surface area contributed by atoms with Crippen LogP contribution in [-0.4, -0.2) is 60.0 Å². The minimum absolute atomic E-state index is 0.221. The normalized spacial score (nSPS) is 15.2. The van der Waals surface area contributed by atoms with Gasteiger partial charge in [-0.2, -0.15) is 13.2 Å². The van der Waals surface area contributed by atoms with Gasteiger partial charge in [0.15, 0.2) is 6.61 Å². The van der Waals surface area contributed by atoms with Gasteiger partial charge in [0.2, 0.25) is 0 Å². The van der Waals surface area contributed by atoms with Gasteiger partial charge in [-0.1, -0.05) is 24.3 Å². The van der Waals surface area contributed by atoms with Crippen LogP contribution < -0.4 is 20.9 Å². The number of nitrogens with zero attached hydrogens (tertiary/aromatic N) is 3. The van der Waals surface area contributed by atoms with Crippen LogP contribution in [0.15, 0.2) is 58.1 Å². The summed E-state index contributed by atoms with van der Waals surface area (Å²) < 4.78 is 43.9. The van der Waals surface area contributed by atoms with Gasteiger partial charge in [0.25, 0.3) is 5.56 Å². The van der Waals surface area contributed by atoms with Crippen LogP contribution in [0, 0.1) is 0 Å². The van der Waals surface area contributed by atoms with E-state index < -0.39 is 18.5 Å². The highest BCUT2D eigenvalue weighted by Crippen LogP contribution is 2.30. The average Bonchev–Trinajstić information content (AvgIpc) is 2.80. The number of nitrogens with one attached hydrogen (secondary N) is 1. The molecule has 7 nitrogen and oxygen atoms in total. The molecule has 0 atom stereocenters. The highest BCUT2D eigenvalue weighted by molar-refractivity contribution is 5.76. The summed E-state index contributed by atoms with van der Waals surface area (Å²) in [4.78, 5) is 31.9. The standard InChI is InChI=1S/C23H25F3N4O3/c24-23(25,26)16-33-20-9-4-3-8-19(20)29-14-12-28(13-15-29)10-5-11-30-21(31)17-6-1-2-7-18(17)27-22(30)32/h1-4,6-9H,5,10-16H2,(H,27,32). The Bertz CT molecular complexity index is 1210. The lowest BCUT2D eigenvalue weighted by Crippen LogP contribution is -2.47. The molecule has 0 bridgehead atoms. The minimum Gasteiger partial charge on any atom is -0.482 e. The van der Waals surface area contributed by atoms with Gasteiger partial charge in [-0.25, -0.2) is 4.79 Å². The first-order valence-corrected chi connectivity index (χ1v) is 10.8. The number of aromatic amines is 1. The number of aromatic nitrogens is 2. The number of benzene rings is 2. The Balaban J connectivity index is 1.32. The summed E-state index contributed by atoms with van der Waals surface area (Å²) in [5, 5.41) is 0.483. The fourth-order valence-electron chi connectivity index (χ4n) is 4.07. The zero-order valence-electron chi connectivity index (χ0n) is 18.0. The Labute approximate surface area is 188 Å². The molecule has 2 heterocycles. The molecule has 1 aromatic heterocycles. The molecule has 0 saturated carbocycles. The number of H-pyrrole nitrogens is 1. The topological polar surface area (TPSA) is 70.6 Å². The number of alkyl halides is 3. The third-order valence-corrected chi connectivity index (χ3v) is 5.72. The number of halogens is 3. The minimum atomic E-state index is -4.39. The van der Waals surface area contributed by atoms with Gasteiger partial charge in [0.1, 0.15) is 5.75 Å². The van der Waals surface area contributed by atoms with Crippen LogP contribution in [0.2, 0.25) is 0 Å². The summed E-state index contributed by atoms with van der Waals surface area (Å²) >= 11 is 0. The first-order valence-electron chi connectivity index (χ1n) is 10.8. The molecule has 1 aliphatic heterocycles. The van der Waals surface area contributed by atoms with E-state index in [9.17, 15) is 22.8 Å². The molecule has 0 spiro atoms. The number of anilines is 1. The van der Waals surface area contributed by atoms with Crippen LogP contribution in [0.3, 0.4) is 0 Å². The Kier molecular flexibility index (Phi) is 6.73. The molecule has 0 aliphatic carbocycles. The zero-order valence-corrected chi connectivity index (χ0v) is 18.0. The maximum Gasteiger partial charge on any atom is 0.422 e. The molecule has 1 aliphatic rings. The first-order chi connectivity index (χ1) is 15.8. The summed E-state index contributed by atoms with van der Waals surface area (Å²) in [6.07, 6.45) is -3.76. The number of rotatable bonds is 7. The number of hydrogen-bond donors (Lipinski definition) is 1. The second kappa shape index (κ2) is 9.70. The lowest BCUT2D eigenvalue weighted by atomic mass is 10.2. The van der Waals surface area contributed by atoms with Gasteiger partial charge in [-0.15, -0.1) is 0 Å². The van der Waals surface area contributed by atoms with Crippen molar-refractivity contribution in [1.29, 1.82) is 0 Å². The summed E-state index contributed by atoms with van der Waals surface area (Å²) in [5.41, 5.74) is 0.462. The van der Waals surface area contributed by atoms with E-state index in [0.717, 1.165) is 13.1 Å². The summed E-state index contributed by atoms with van der Waals surface area (Å²) in [5.74, 6) is 0.221. The quantitative estimate of drug-likeness (QED) is 0.585. The first kappa shape index (κ1) is 22.9. The molecule has 0 unspecified atom stereocenters. The molecular weight excluding hydrogens is 437 g/mol. The Morgan fingerprint density at radius 2 is 1.61 bits per heavy atom.